The van der Waals surface area contributed by atoms with Crippen LogP contribution in [-0.2, 0) is 11.3 Å². The van der Waals surface area contributed by atoms with E-state index in [0.29, 0.717) is 6.61 Å². The van der Waals surface area contributed by atoms with Crippen LogP contribution in [0.25, 0.3) is 10.9 Å². The Balaban J connectivity index is 1.84. The first-order chi connectivity index (χ1) is 11.8. The number of carbonyl (C=O) groups excluding carboxylic acids is 1. The molecule has 3 aromatic rings. The minimum absolute atomic E-state index is 0.372. The molecule has 0 fully saturated rings. The van der Waals surface area contributed by atoms with Gasteiger partial charge in [0, 0.05) is 11.6 Å². The predicted octanol–water partition coefficient (Wildman–Crippen LogP) is 5.31. The first-order valence-corrected chi connectivity index (χ1v) is 8.35. The average Bonchev–Trinajstić information content (AvgIpc) is 2.89. The minimum atomic E-state index is -0.527. The summed E-state index contributed by atoms with van der Waals surface area (Å²) in [4.78, 5) is 12.4. The topological polar surface area (TPSA) is 40.5 Å². The molecule has 3 rings (SSSR count). The number of benzene rings is 2. The van der Waals surface area contributed by atoms with E-state index in [1.807, 2.05) is 76.2 Å². The van der Waals surface area contributed by atoms with E-state index in [-0.39, 0.29) is 6.09 Å². The van der Waals surface area contributed by atoms with Gasteiger partial charge in [-0.05, 0) is 57.0 Å². The van der Waals surface area contributed by atoms with E-state index in [1.54, 1.807) is 10.8 Å². The highest BCUT2D eigenvalue weighted by Gasteiger charge is 2.20. The molecule has 0 unspecified atom stereocenters. The lowest BCUT2D eigenvalue weighted by Gasteiger charge is -2.19. The molecule has 0 bridgehead atoms. The van der Waals surface area contributed by atoms with Crippen molar-refractivity contribution in [3.8, 4) is 5.75 Å². The van der Waals surface area contributed by atoms with Crippen LogP contribution in [0.5, 0.6) is 5.75 Å². The third kappa shape index (κ3) is 4.02. The summed E-state index contributed by atoms with van der Waals surface area (Å²) in [5.74, 6) is 0.779. The molecule has 2 aromatic carbocycles. The summed E-state index contributed by atoms with van der Waals surface area (Å²) in [7, 11) is 0. The van der Waals surface area contributed by atoms with E-state index in [0.717, 1.165) is 27.8 Å². The van der Waals surface area contributed by atoms with E-state index in [4.69, 9.17) is 9.47 Å². The van der Waals surface area contributed by atoms with Gasteiger partial charge in [-0.2, -0.15) is 0 Å². The molecule has 1 heterocycles. The van der Waals surface area contributed by atoms with Gasteiger partial charge in [0.05, 0.1) is 5.52 Å². The lowest BCUT2D eigenvalue weighted by Crippen LogP contribution is -2.26. The van der Waals surface area contributed by atoms with Crippen LogP contribution in [0.4, 0.5) is 4.79 Å². The molecule has 0 aliphatic carbocycles. The number of ether oxygens (including phenoxy) is 2. The fourth-order valence-corrected chi connectivity index (χ4v) is 2.67. The van der Waals surface area contributed by atoms with Gasteiger partial charge in [-0.25, -0.2) is 4.79 Å². The molecule has 4 heteroatoms. The molecule has 0 amide bonds. The first-order valence-electron chi connectivity index (χ1n) is 8.35. The van der Waals surface area contributed by atoms with E-state index in [2.05, 4.69) is 0 Å². The van der Waals surface area contributed by atoms with Crippen molar-refractivity contribution >= 4 is 17.0 Å². The summed E-state index contributed by atoms with van der Waals surface area (Å²) >= 11 is 0. The average molecular weight is 337 g/mol. The molecule has 130 valence electrons. The fourth-order valence-electron chi connectivity index (χ4n) is 2.67. The Hall–Kier alpha value is -2.75. The van der Waals surface area contributed by atoms with Gasteiger partial charge in [0.15, 0.2) is 0 Å². The molecule has 25 heavy (non-hydrogen) atoms. The first kappa shape index (κ1) is 17.1. The van der Waals surface area contributed by atoms with Crippen LogP contribution < -0.4 is 4.74 Å². The second-order valence-electron chi connectivity index (χ2n) is 7.12. The number of nitrogens with zero attached hydrogens (tertiary/aromatic N) is 1. The van der Waals surface area contributed by atoms with Crippen LogP contribution >= 0.6 is 0 Å². The molecular formula is C21H23NO3. The largest absolute Gasteiger partial charge is 0.489 e. The molecule has 0 spiro atoms. The Bertz CT molecular complexity index is 889. The lowest BCUT2D eigenvalue weighted by molar-refractivity contribution is 0.0544. The van der Waals surface area contributed by atoms with Gasteiger partial charge in [-0.1, -0.05) is 30.3 Å². The molecule has 0 radical (unpaired) electrons. The number of aryl methyl sites for hydroxylation is 1. The Morgan fingerprint density at radius 1 is 1.08 bits per heavy atom. The summed E-state index contributed by atoms with van der Waals surface area (Å²) in [6.07, 6.45) is 1.43. The maximum absolute atomic E-state index is 12.4. The molecule has 4 nitrogen and oxygen atoms in total. The smallest absolute Gasteiger partial charge is 0.418 e. The van der Waals surface area contributed by atoms with Crippen LogP contribution in [0, 0.1) is 6.92 Å². The summed E-state index contributed by atoms with van der Waals surface area (Å²) in [5, 5.41) is 0.983. The maximum atomic E-state index is 12.4. The third-order valence-corrected chi connectivity index (χ3v) is 3.81. The number of rotatable bonds is 3. The monoisotopic (exact) mass is 337 g/mol. The number of fused-ring (bicyclic) bond motifs is 1. The van der Waals surface area contributed by atoms with Crippen molar-refractivity contribution in [1.82, 2.24) is 4.57 Å². The van der Waals surface area contributed by atoms with Crippen LogP contribution in [-0.4, -0.2) is 16.3 Å². The molecule has 0 N–H and O–H groups in total. The van der Waals surface area contributed by atoms with Crippen molar-refractivity contribution in [2.75, 3.05) is 0 Å². The highest BCUT2D eigenvalue weighted by atomic mass is 16.6. The van der Waals surface area contributed by atoms with E-state index in [9.17, 15) is 4.79 Å². The Morgan fingerprint density at radius 3 is 2.48 bits per heavy atom. The number of hydrogen-bond acceptors (Lipinski definition) is 3. The van der Waals surface area contributed by atoms with Crippen LogP contribution in [0.1, 0.15) is 31.9 Å². The van der Waals surface area contributed by atoms with Crippen LogP contribution in [0.15, 0.2) is 54.7 Å². The lowest BCUT2D eigenvalue weighted by atomic mass is 10.2. The van der Waals surface area contributed by atoms with Crippen molar-refractivity contribution in [3.63, 3.8) is 0 Å². The zero-order valence-electron chi connectivity index (χ0n) is 15.1. The normalized spacial score (nSPS) is 11.5. The van der Waals surface area contributed by atoms with Gasteiger partial charge in [0.2, 0.25) is 0 Å². The SMILES string of the molecule is Cc1cn(C(=O)OC(C)(C)C)c2ccc(OCc3ccccc3)cc12. The molecule has 0 saturated carbocycles. The highest BCUT2D eigenvalue weighted by molar-refractivity contribution is 5.92. The molecule has 0 aliphatic heterocycles. The van der Waals surface area contributed by atoms with E-state index in [1.165, 1.54) is 0 Å². The number of carbonyl (C=O) groups is 1. The summed E-state index contributed by atoms with van der Waals surface area (Å²) in [5.41, 5.74) is 2.41. The minimum Gasteiger partial charge on any atom is -0.489 e. The molecule has 1 aromatic heterocycles. The van der Waals surface area contributed by atoms with Crippen LogP contribution in [0.3, 0.4) is 0 Å². The summed E-state index contributed by atoms with van der Waals surface area (Å²) in [6, 6.07) is 15.8. The van der Waals surface area contributed by atoms with Gasteiger partial charge >= 0.3 is 6.09 Å². The Kier molecular flexibility index (Phi) is 4.53. The van der Waals surface area contributed by atoms with Gasteiger partial charge in [0.1, 0.15) is 18.0 Å². The second-order valence-corrected chi connectivity index (χ2v) is 7.12. The van der Waals surface area contributed by atoms with E-state index >= 15 is 0 Å². The van der Waals surface area contributed by atoms with Crippen molar-refractivity contribution < 1.29 is 14.3 Å². The molecule has 0 aliphatic rings. The molecule has 0 atom stereocenters. The molecule has 0 saturated heterocycles. The predicted molar refractivity (Wildman–Crippen MR) is 99.1 cm³/mol. The third-order valence-electron chi connectivity index (χ3n) is 3.81. The second kappa shape index (κ2) is 6.63. The van der Waals surface area contributed by atoms with Crippen LogP contribution in [0.2, 0.25) is 0 Å². The van der Waals surface area contributed by atoms with Gasteiger partial charge in [-0.15, -0.1) is 0 Å². The Labute approximate surface area is 148 Å². The van der Waals surface area contributed by atoms with Gasteiger partial charge in [0.25, 0.3) is 0 Å². The molecular weight excluding hydrogens is 314 g/mol. The summed E-state index contributed by atoms with van der Waals surface area (Å²) in [6.45, 7) is 8.07. The Morgan fingerprint density at radius 2 is 1.80 bits per heavy atom. The van der Waals surface area contributed by atoms with E-state index < -0.39 is 5.60 Å². The van der Waals surface area contributed by atoms with Crippen molar-refractivity contribution in [2.45, 2.75) is 39.9 Å². The zero-order valence-corrected chi connectivity index (χ0v) is 15.1. The zero-order chi connectivity index (χ0) is 18.0. The fraction of sp³-hybridized carbons (Fsp3) is 0.286. The standard InChI is InChI=1S/C21H23NO3/c1-15-13-22(20(23)25-21(2,3)4)19-11-10-17(12-18(15)19)24-14-16-8-6-5-7-9-16/h5-13H,14H2,1-4H3. The summed E-state index contributed by atoms with van der Waals surface area (Å²) < 4.78 is 12.9. The van der Waals surface area contributed by atoms with Crippen molar-refractivity contribution in [3.05, 3.63) is 65.9 Å². The highest BCUT2D eigenvalue weighted by Crippen LogP contribution is 2.27. The number of hydrogen-bond donors (Lipinski definition) is 0. The van der Waals surface area contributed by atoms with Gasteiger partial charge in [-0.3, -0.25) is 4.57 Å². The van der Waals surface area contributed by atoms with Gasteiger partial charge < -0.3 is 9.47 Å². The maximum Gasteiger partial charge on any atom is 0.418 e. The van der Waals surface area contributed by atoms with Crippen molar-refractivity contribution in [2.24, 2.45) is 0 Å². The van der Waals surface area contributed by atoms with Crippen molar-refractivity contribution in [1.29, 1.82) is 0 Å². The number of aromatic nitrogens is 1. The quantitative estimate of drug-likeness (QED) is 0.650.